The van der Waals surface area contributed by atoms with E-state index in [1.54, 1.807) is 4.57 Å². The number of amides is 1. The van der Waals surface area contributed by atoms with Gasteiger partial charge in [0.25, 0.3) is 0 Å². The van der Waals surface area contributed by atoms with Crippen molar-refractivity contribution in [1.29, 1.82) is 0 Å². The predicted molar refractivity (Wildman–Crippen MR) is 91.5 cm³/mol. The van der Waals surface area contributed by atoms with Gasteiger partial charge in [-0.05, 0) is 37.5 Å². The fourth-order valence-electron chi connectivity index (χ4n) is 2.96. The molecule has 2 heterocycles. The largest absolute Gasteiger partial charge is 0.416 e. The van der Waals surface area contributed by atoms with E-state index in [4.69, 9.17) is 0 Å². The molecule has 1 aromatic heterocycles. The Bertz CT molecular complexity index is 772. The molecule has 0 unspecified atom stereocenters. The highest BCUT2D eigenvalue weighted by Gasteiger charge is 2.31. The second-order valence-electron chi connectivity index (χ2n) is 6.14. The molecule has 1 N–H and O–H groups in total. The molecule has 25 heavy (non-hydrogen) atoms. The SMILES string of the molecule is CCCn1c(S[C@@H]2CCCCNC2=O)nc2ccc(C(F)(F)F)cc21. The van der Waals surface area contributed by atoms with Crippen molar-refractivity contribution in [3.8, 4) is 0 Å². The summed E-state index contributed by atoms with van der Waals surface area (Å²) in [6, 6.07) is 3.61. The molecule has 136 valence electrons. The zero-order chi connectivity index (χ0) is 18.0. The molecule has 1 fully saturated rings. The van der Waals surface area contributed by atoms with Gasteiger partial charge in [0.15, 0.2) is 5.16 Å². The summed E-state index contributed by atoms with van der Waals surface area (Å²) >= 11 is 1.35. The lowest BCUT2D eigenvalue weighted by molar-refractivity contribution is -0.137. The van der Waals surface area contributed by atoms with Gasteiger partial charge in [-0.25, -0.2) is 4.98 Å². The van der Waals surface area contributed by atoms with Crippen LogP contribution in [-0.2, 0) is 17.5 Å². The van der Waals surface area contributed by atoms with Crippen LogP contribution in [0.5, 0.6) is 0 Å². The number of nitrogens with zero attached hydrogens (tertiary/aromatic N) is 2. The Hall–Kier alpha value is -1.70. The number of carbonyl (C=O) groups is 1. The van der Waals surface area contributed by atoms with Crippen LogP contribution in [0.3, 0.4) is 0 Å². The lowest BCUT2D eigenvalue weighted by Gasteiger charge is -2.14. The van der Waals surface area contributed by atoms with E-state index in [9.17, 15) is 18.0 Å². The van der Waals surface area contributed by atoms with Gasteiger partial charge in [0.05, 0.1) is 21.8 Å². The highest BCUT2D eigenvalue weighted by Crippen LogP contribution is 2.34. The lowest BCUT2D eigenvalue weighted by atomic mass is 10.2. The molecule has 8 heteroatoms. The highest BCUT2D eigenvalue weighted by molar-refractivity contribution is 8.00. The van der Waals surface area contributed by atoms with Gasteiger partial charge in [-0.3, -0.25) is 4.79 Å². The van der Waals surface area contributed by atoms with E-state index in [1.807, 2.05) is 6.92 Å². The maximum absolute atomic E-state index is 13.0. The van der Waals surface area contributed by atoms with Crippen LogP contribution in [0.1, 0.15) is 38.2 Å². The summed E-state index contributed by atoms with van der Waals surface area (Å²) in [6.07, 6.45) is -0.971. The maximum Gasteiger partial charge on any atom is 0.416 e. The number of aromatic nitrogens is 2. The first-order valence-corrected chi connectivity index (χ1v) is 9.30. The highest BCUT2D eigenvalue weighted by atomic mass is 32.2. The van der Waals surface area contributed by atoms with Crippen LogP contribution in [0.15, 0.2) is 23.4 Å². The van der Waals surface area contributed by atoms with E-state index in [1.165, 1.54) is 17.8 Å². The van der Waals surface area contributed by atoms with Crippen LogP contribution in [-0.4, -0.2) is 27.3 Å². The summed E-state index contributed by atoms with van der Waals surface area (Å²) in [5.41, 5.74) is 0.312. The van der Waals surface area contributed by atoms with E-state index in [2.05, 4.69) is 10.3 Å². The molecule has 1 atom stereocenters. The number of aryl methyl sites for hydroxylation is 1. The molecular weight excluding hydrogens is 351 g/mol. The molecule has 2 aromatic rings. The van der Waals surface area contributed by atoms with Crippen molar-refractivity contribution in [2.75, 3.05) is 6.54 Å². The molecule has 0 spiro atoms. The van der Waals surface area contributed by atoms with Crippen molar-refractivity contribution in [3.63, 3.8) is 0 Å². The average molecular weight is 371 g/mol. The molecule has 0 radical (unpaired) electrons. The number of nitrogens with one attached hydrogen (secondary N) is 1. The van der Waals surface area contributed by atoms with E-state index >= 15 is 0 Å². The summed E-state index contributed by atoms with van der Waals surface area (Å²) in [5, 5.41) is 3.24. The monoisotopic (exact) mass is 371 g/mol. The fraction of sp³-hybridized carbons (Fsp3) is 0.529. The van der Waals surface area contributed by atoms with E-state index in [-0.39, 0.29) is 11.2 Å². The Morgan fingerprint density at radius 2 is 2.16 bits per heavy atom. The number of hydrogen-bond donors (Lipinski definition) is 1. The summed E-state index contributed by atoms with van der Waals surface area (Å²) in [6.45, 7) is 3.21. The van der Waals surface area contributed by atoms with Crippen LogP contribution in [0.25, 0.3) is 11.0 Å². The Morgan fingerprint density at radius 3 is 2.88 bits per heavy atom. The minimum absolute atomic E-state index is 0.0198. The van der Waals surface area contributed by atoms with Crippen LogP contribution in [0.4, 0.5) is 13.2 Å². The van der Waals surface area contributed by atoms with Crippen molar-refractivity contribution < 1.29 is 18.0 Å². The van der Waals surface area contributed by atoms with E-state index in [0.717, 1.165) is 37.8 Å². The quantitative estimate of drug-likeness (QED) is 0.875. The Kier molecular flexibility index (Phi) is 5.27. The number of halogens is 3. The molecule has 1 aliphatic heterocycles. The number of alkyl halides is 3. The molecule has 1 aliphatic rings. The minimum Gasteiger partial charge on any atom is -0.355 e. The Balaban J connectivity index is 1.99. The summed E-state index contributed by atoms with van der Waals surface area (Å²) < 4.78 is 40.9. The molecule has 0 bridgehead atoms. The Labute approximate surface area is 148 Å². The third-order valence-corrected chi connectivity index (χ3v) is 5.48. The van der Waals surface area contributed by atoms with Crippen LogP contribution in [0, 0.1) is 0 Å². The average Bonchev–Trinajstić information content (AvgIpc) is 2.76. The van der Waals surface area contributed by atoms with Crippen molar-refractivity contribution in [3.05, 3.63) is 23.8 Å². The molecule has 4 nitrogen and oxygen atoms in total. The number of fused-ring (bicyclic) bond motifs is 1. The van der Waals surface area contributed by atoms with Crippen molar-refractivity contribution >= 4 is 28.7 Å². The van der Waals surface area contributed by atoms with Gasteiger partial charge in [0.1, 0.15) is 0 Å². The third-order valence-electron chi connectivity index (χ3n) is 4.22. The summed E-state index contributed by atoms with van der Waals surface area (Å²) in [5.74, 6) is -0.0198. The molecule has 1 aromatic carbocycles. The summed E-state index contributed by atoms with van der Waals surface area (Å²) in [4.78, 5) is 16.7. The third kappa shape index (κ3) is 3.94. The van der Waals surface area contributed by atoms with Gasteiger partial charge < -0.3 is 9.88 Å². The predicted octanol–water partition coefficient (Wildman–Crippen LogP) is 4.23. The first-order valence-electron chi connectivity index (χ1n) is 8.42. The van der Waals surface area contributed by atoms with E-state index < -0.39 is 11.7 Å². The number of rotatable bonds is 4. The van der Waals surface area contributed by atoms with Crippen molar-refractivity contribution in [1.82, 2.24) is 14.9 Å². The van der Waals surface area contributed by atoms with Gasteiger partial charge in [-0.1, -0.05) is 25.1 Å². The first kappa shape index (κ1) is 18.1. The van der Waals surface area contributed by atoms with Crippen molar-refractivity contribution in [2.45, 2.75) is 55.7 Å². The van der Waals surface area contributed by atoms with Crippen LogP contribution < -0.4 is 5.32 Å². The standard InChI is InChI=1S/C17H20F3N3OS/c1-2-9-23-13-10-11(17(18,19)20)6-7-12(13)22-16(23)25-14-5-3-4-8-21-15(14)24/h6-7,10,14H,2-5,8-9H2,1H3,(H,21,24)/t14-/m1/s1. The number of imidazole rings is 1. The zero-order valence-corrected chi connectivity index (χ0v) is 14.7. The van der Waals surface area contributed by atoms with Gasteiger partial charge in [0.2, 0.25) is 5.91 Å². The van der Waals surface area contributed by atoms with E-state index in [0.29, 0.717) is 29.3 Å². The minimum atomic E-state index is -4.38. The maximum atomic E-state index is 13.0. The van der Waals surface area contributed by atoms with Gasteiger partial charge in [-0.2, -0.15) is 13.2 Å². The molecule has 0 saturated carbocycles. The lowest BCUT2D eigenvalue weighted by Crippen LogP contribution is -2.30. The van der Waals surface area contributed by atoms with Gasteiger partial charge >= 0.3 is 6.18 Å². The number of benzene rings is 1. The van der Waals surface area contributed by atoms with Crippen molar-refractivity contribution in [2.24, 2.45) is 0 Å². The van der Waals surface area contributed by atoms with Gasteiger partial charge in [-0.15, -0.1) is 0 Å². The second kappa shape index (κ2) is 7.27. The summed E-state index contributed by atoms with van der Waals surface area (Å²) in [7, 11) is 0. The molecule has 1 saturated heterocycles. The number of hydrogen-bond acceptors (Lipinski definition) is 3. The van der Waals surface area contributed by atoms with Crippen LogP contribution in [0.2, 0.25) is 0 Å². The molecule has 0 aliphatic carbocycles. The molecule has 1 amide bonds. The fourth-order valence-corrected chi connectivity index (χ4v) is 4.15. The Morgan fingerprint density at radius 1 is 1.36 bits per heavy atom. The van der Waals surface area contributed by atoms with Gasteiger partial charge in [0, 0.05) is 13.1 Å². The first-order chi connectivity index (χ1) is 11.9. The van der Waals surface area contributed by atoms with Crippen LogP contribution >= 0.6 is 11.8 Å². The number of carbonyl (C=O) groups excluding carboxylic acids is 1. The normalized spacial score (nSPS) is 19.0. The molecule has 3 rings (SSSR count). The zero-order valence-electron chi connectivity index (χ0n) is 13.9. The number of thioether (sulfide) groups is 1. The topological polar surface area (TPSA) is 46.9 Å². The molecular formula is C17H20F3N3OS. The smallest absolute Gasteiger partial charge is 0.355 e. The second-order valence-corrected chi connectivity index (χ2v) is 7.31.